The topological polar surface area (TPSA) is 107 Å². The number of phenols is 2. The van der Waals surface area contributed by atoms with Crippen molar-refractivity contribution in [2.45, 2.75) is 19.3 Å². The number of aryl methyl sites for hydroxylation is 1. The number of aromatic hydroxyl groups is 2. The van der Waals surface area contributed by atoms with Gasteiger partial charge in [0.15, 0.2) is 5.78 Å². The van der Waals surface area contributed by atoms with E-state index in [4.69, 9.17) is 5.41 Å². The number of benzene rings is 1. The normalized spacial score (nSPS) is 19.7. The van der Waals surface area contributed by atoms with E-state index in [1.165, 1.54) is 35.6 Å². The Labute approximate surface area is 140 Å². The molecule has 23 heavy (non-hydrogen) atoms. The van der Waals surface area contributed by atoms with E-state index in [0.717, 1.165) is 23.2 Å². The van der Waals surface area contributed by atoms with Crippen molar-refractivity contribution in [2.24, 2.45) is 0 Å². The number of carbonyl (C=O) groups excluding carboxylic acids is 1. The van der Waals surface area contributed by atoms with Gasteiger partial charge in [-0.15, -0.1) is 21.5 Å². The summed E-state index contributed by atoms with van der Waals surface area (Å²) in [5.74, 6) is -1.10. The molecule has 6 nitrogen and oxygen atoms in total. The summed E-state index contributed by atoms with van der Waals surface area (Å²) in [5.41, 5.74) is 0.415. The van der Waals surface area contributed by atoms with Crippen LogP contribution >= 0.6 is 23.1 Å². The maximum absolute atomic E-state index is 12.6. The highest BCUT2D eigenvalue weighted by molar-refractivity contribution is 8.19. The van der Waals surface area contributed by atoms with Gasteiger partial charge in [-0.05, 0) is 24.6 Å². The Morgan fingerprint density at radius 1 is 1.35 bits per heavy atom. The van der Waals surface area contributed by atoms with E-state index in [2.05, 4.69) is 10.2 Å². The van der Waals surface area contributed by atoms with Crippen molar-refractivity contribution in [3.63, 3.8) is 0 Å². The van der Waals surface area contributed by atoms with Crippen LogP contribution < -0.4 is 0 Å². The van der Waals surface area contributed by atoms with Crippen LogP contribution in [0.1, 0.15) is 28.4 Å². The lowest BCUT2D eigenvalue weighted by Crippen LogP contribution is -2.11. The minimum atomic E-state index is -0.705. The second kappa shape index (κ2) is 6.13. The van der Waals surface area contributed by atoms with Crippen LogP contribution in [-0.4, -0.2) is 31.2 Å². The molecule has 1 aromatic heterocycles. The SMILES string of the molecule is CCc1nnc(C2C(=N)SC(=Cc3ccc(O)cc3O)C2=O)s1. The first kappa shape index (κ1) is 15.7. The van der Waals surface area contributed by atoms with Crippen LogP contribution in [0.5, 0.6) is 11.5 Å². The Morgan fingerprint density at radius 2 is 2.13 bits per heavy atom. The zero-order valence-electron chi connectivity index (χ0n) is 12.1. The standard InChI is InChI=1S/C15H13N3O3S2/c1-2-11-17-18-15(23-11)12-13(21)10(22-14(12)16)5-7-3-4-8(19)6-9(7)20/h3-6,12,16,19-20H,2H2,1H3. The summed E-state index contributed by atoms with van der Waals surface area (Å²) in [6, 6.07) is 4.15. The van der Waals surface area contributed by atoms with E-state index in [1.54, 1.807) is 0 Å². The zero-order chi connectivity index (χ0) is 16.6. The fraction of sp³-hybridized carbons (Fsp3) is 0.200. The fourth-order valence-electron chi connectivity index (χ4n) is 2.14. The average molecular weight is 347 g/mol. The second-order valence-electron chi connectivity index (χ2n) is 4.90. The molecule has 1 unspecified atom stereocenters. The van der Waals surface area contributed by atoms with Crippen molar-refractivity contribution in [3.8, 4) is 11.5 Å². The lowest BCUT2D eigenvalue weighted by molar-refractivity contribution is -0.114. The molecule has 0 radical (unpaired) electrons. The van der Waals surface area contributed by atoms with Crippen LogP contribution in [0.2, 0.25) is 0 Å². The number of thioether (sulfide) groups is 1. The molecule has 1 saturated heterocycles. The molecule has 0 amide bonds. The summed E-state index contributed by atoms with van der Waals surface area (Å²) in [6.45, 7) is 1.96. The first-order valence-corrected chi connectivity index (χ1v) is 8.49. The van der Waals surface area contributed by atoms with Crippen molar-refractivity contribution < 1.29 is 15.0 Å². The Morgan fingerprint density at radius 3 is 2.78 bits per heavy atom. The minimum Gasteiger partial charge on any atom is -0.508 e. The lowest BCUT2D eigenvalue weighted by atomic mass is 10.0. The number of hydrogen-bond acceptors (Lipinski definition) is 8. The smallest absolute Gasteiger partial charge is 0.186 e. The third-order valence-electron chi connectivity index (χ3n) is 3.32. The first-order chi connectivity index (χ1) is 11.0. The van der Waals surface area contributed by atoms with E-state index >= 15 is 0 Å². The molecule has 1 fully saturated rings. The van der Waals surface area contributed by atoms with Gasteiger partial charge in [-0.3, -0.25) is 10.2 Å². The number of rotatable bonds is 3. The van der Waals surface area contributed by atoms with Crippen LogP contribution in [0.15, 0.2) is 23.1 Å². The van der Waals surface area contributed by atoms with Gasteiger partial charge in [0.1, 0.15) is 27.4 Å². The molecule has 0 bridgehead atoms. The van der Waals surface area contributed by atoms with Gasteiger partial charge in [-0.2, -0.15) is 0 Å². The molecule has 1 aliphatic rings. The maximum atomic E-state index is 12.6. The van der Waals surface area contributed by atoms with E-state index in [0.29, 0.717) is 15.5 Å². The molecular weight excluding hydrogens is 334 g/mol. The number of ketones is 1. The lowest BCUT2D eigenvalue weighted by Gasteiger charge is -2.02. The van der Waals surface area contributed by atoms with Gasteiger partial charge in [-0.25, -0.2) is 0 Å². The van der Waals surface area contributed by atoms with E-state index < -0.39 is 5.92 Å². The predicted octanol–water partition coefficient (Wildman–Crippen LogP) is 2.93. The van der Waals surface area contributed by atoms with Gasteiger partial charge in [-0.1, -0.05) is 18.7 Å². The van der Waals surface area contributed by atoms with Gasteiger partial charge >= 0.3 is 0 Å². The first-order valence-electron chi connectivity index (χ1n) is 6.86. The van der Waals surface area contributed by atoms with Crippen molar-refractivity contribution in [3.05, 3.63) is 38.7 Å². The van der Waals surface area contributed by atoms with Gasteiger partial charge in [0.2, 0.25) is 0 Å². The van der Waals surface area contributed by atoms with E-state index in [1.807, 2.05) is 6.92 Å². The second-order valence-corrected chi connectivity index (χ2v) is 7.08. The summed E-state index contributed by atoms with van der Waals surface area (Å²) >= 11 is 2.41. The molecule has 3 rings (SSSR count). The number of nitrogens with one attached hydrogen (secondary N) is 1. The Bertz CT molecular complexity index is 829. The Kier molecular flexibility index (Phi) is 4.18. The molecule has 118 valence electrons. The Hall–Kier alpha value is -2.19. The number of Topliss-reactive ketones (excluding diaryl/α,β-unsaturated/α-hetero) is 1. The molecule has 2 aromatic rings. The van der Waals surface area contributed by atoms with Crippen LogP contribution in [0.25, 0.3) is 6.08 Å². The summed E-state index contributed by atoms with van der Waals surface area (Å²) in [6.07, 6.45) is 2.27. The van der Waals surface area contributed by atoms with Crippen LogP contribution in [0.4, 0.5) is 0 Å². The van der Waals surface area contributed by atoms with Gasteiger partial charge in [0, 0.05) is 11.6 Å². The zero-order valence-corrected chi connectivity index (χ0v) is 13.7. The van der Waals surface area contributed by atoms with Crippen LogP contribution in [0, 0.1) is 5.41 Å². The molecule has 2 heterocycles. The largest absolute Gasteiger partial charge is 0.508 e. The summed E-state index contributed by atoms with van der Waals surface area (Å²) in [5, 5.41) is 36.8. The summed E-state index contributed by atoms with van der Waals surface area (Å²) < 4.78 is 0. The highest BCUT2D eigenvalue weighted by Crippen LogP contribution is 2.42. The molecule has 1 aliphatic heterocycles. The van der Waals surface area contributed by atoms with Crippen molar-refractivity contribution in [2.75, 3.05) is 0 Å². The number of aromatic nitrogens is 2. The molecule has 1 atom stereocenters. The van der Waals surface area contributed by atoms with Gasteiger partial charge in [0.05, 0.1) is 9.95 Å². The third kappa shape index (κ3) is 2.99. The molecule has 3 N–H and O–H groups in total. The predicted molar refractivity (Wildman–Crippen MR) is 90.1 cm³/mol. The number of hydrogen-bond donors (Lipinski definition) is 3. The minimum absolute atomic E-state index is 0.0540. The molecule has 8 heteroatoms. The number of carbonyl (C=O) groups is 1. The highest BCUT2D eigenvalue weighted by atomic mass is 32.2. The molecule has 0 spiro atoms. The molecule has 0 saturated carbocycles. The molecule has 1 aromatic carbocycles. The summed E-state index contributed by atoms with van der Waals surface area (Å²) in [7, 11) is 0. The number of phenolic OH excluding ortho intramolecular Hbond substituents is 2. The van der Waals surface area contributed by atoms with Crippen LogP contribution in [-0.2, 0) is 11.2 Å². The fourth-order valence-corrected chi connectivity index (χ4v) is 4.08. The highest BCUT2D eigenvalue weighted by Gasteiger charge is 2.39. The molecule has 0 aliphatic carbocycles. The maximum Gasteiger partial charge on any atom is 0.186 e. The van der Waals surface area contributed by atoms with Crippen molar-refractivity contribution in [1.29, 1.82) is 5.41 Å². The number of nitrogens with zero attached hydrogens (tertiary/aromatic N) is 2. The van der Waals surface area contributed by atoms with Crippen molar-refractivity contribution >= 4 is 40.0 Å². The monoisotopic (exact) mass is 347 g/mol. The quantitative estimate of drug-likeness (QED) is 0.737. The third-order valence-corrected chi connectivity index (χ3v) is 5.45. The van der Waals surface area contributed by atoms with Gasteiger partial charge < -0.3 is 10.2 Å². The van der Waals surface area contributed by atoms with Crippen molar-refractivity contribution in [1.82, 2.24) is 10.2 Å². The van der Waals surface area contributed by atoms with Crippen LogP contribution in [0.3, 0.4) is 0 Å². The van der Waals surface area contributed by atoms with E-state index in [-0.39, 0.29) is 22.3 Å². The van der Waals surface area contributed by atoms with Gasteiger partial charge in [0.25, 0.3) is 0 Å². The van der Waals surface area contributed by atoms with E-state index in [9.17, 15) is 15.0 Å². The number of allylic oxidation sites excluding steroid dienone is 1. The average Bonchev–Trinajstić information content (AvgIpc) is 3.07. The summed E-state index contributed by atoms with van der Waals surface area (Å²) in [4.78, 5) is 12.9. The molecular formula is C15H13N3O3S2. The Balaban J connectivity index is 1.93.